The standard InChI is InChI=1S/C27H25F5N2O/c28-23-11-9-20(24(29)14-23)16-34-17-21(10-12-25(34)19-6-2-1-3-7-19)26(35)33-15-18-5-4-8-22(13-18)27(30,31)32/h1-9,11,13-14,21,25H,10,12,15-17H2,(H,33,35)/t21-,25+/m0/s1. The second-order valence-electron chi connectivity index (χ2n) is 8.78. The number of benzene rings is 3. The van der Waals surface area contributed by atoms with Gasteiger partial charge < -0.3 is 5.32 Å². The number of nitrogens with zero attached hydrogens (tertiary/aromatic N) is 1. The van der Waals surface area contributed by atoms with Gasteiger partial charge in [0.2, 0.25) is 5.91 Å². The zero-order chi connectivity index (χ0) is 25.0. The quantitative estimate of drug-likeness (QED) is 0.416. The highest BCUT2D eigenvalue weighted by Gasteiger charge is 2.33. The number of carbonyl (C=O) groups excluding carboxylic acids is 1. The lowest BCUT2D eigenvalue weighted by molar-refractivity contribution is -0.137. The first-order valence-corrected chi connectivity index (χ1v) is 11.4. The van der Waals surface area contributed by atoms with E-state index in [1.807, 2.05) is 35.2 Å². The number of rotatable bonds is 6. The number of piperidine rings is 1. The van der Waals surface area contributed by atoms with Crippen molar-refractivity contribution in [2.75, 3.05) is 6.54 Å². The van der Waals surface area contributed by atoms with Crippen molar-refractivity contribution < 1.29 is 26.7 Å². The monoisotopic (exact) mass is 488 g/mol. The van der Waals surface area contributed by atoms with Gasteiger partial charge in [-0.1, -0.05) is 48.5 Å². The summed E-state index contributed by atoms with van der Waals surface area (Å²) in [6, 6.07) is 18.0. The average Bonchev–Trinajstić information content (AvgIpc) is 2.84. The van der Waals surface area contributed by atoms with E-state index in [1.54, 1.807) is 0 Å². The molecule has 0 unspecified atom stereocenters. The predicted molar refractivity (Wildman–Crippen MR) is 122 cm³/mol. The third-order valence-electron chi connectivity index (χ3n) is 6.35. The van der Waals surface area contributed by atoms with E-state index in [9.17, 15) is 26.7 Å². The van der Waals surface area contributed by atoms with Gasteiger partial charge in [-0.15, -0.1) is 0 Å². The molecule has 1 aliphatic rings. The van der Waals surface area contributed by atoms with E-state index in [0.29, 0.717) is 30.5 Å². The van der Waals surface area contributed by atoms with Crippen LogP contribution in [0.15, 0.2) is 72.8 Å². The molecule has 0 saturated carbocycles. The minimum absolute atomic E-state index is 0.0199. The van der Waals surface area contributed by atoms with Crippen molar-refractivity contribution in [3.63, 3.8) is 0 Å². The van der Waals surface area contributed by atoms with Gasteiger partial charge in [0.1, 0.15) is 11.6 Å². The van der Waals surface area contributed by atoms with E-state index in [4.69, 9.17) is 0 Å². The number of alkyl halides is 3. The number of halogens is 5. The van der Waals surface area contributed by atoms with Crippen LogP contribution in [0.1, 0.15) is 41.1 Å². The van der Waals surface area contributed by atoms with Crippen LogP contribution in [0.3, 0.4) is 0 Å². The van der Waals surface area contributed by atoms with E-state index in [1.165, 1.54) is 24.3 Å². The number of carbonyl (C=O) groups is 1. The van der Waals surface area contributed by atoms with Gasteiger partial charge in [-0.2, -0.15) is 13.2 Å². The van der Waals surface area contributed by atoms with Crippen molar-refractivity contribution >= 4 is 5.91 Å². The Morgan fingerprint density at radius 1 is 0.943 bits per heavy atom. The molecule has 0 aromatic heterocycles. The number of hydrogen-bond acceptors (Lipinski definition) is 2. The minimum atomic E-state index is -4.45. The molecule has 1 aliphatic heterocycles. The van der Waals surface area contributed by atoms with Crippen LogP contribution in [0.25, 0.3) is 0 Å². The summed E-state index contributed by atoms with van der Waals surface area (Å²) in [5.74, 6) is -1.98. The zero-order valence-corrected chi connectivity index (χ0v) is 18.9. The topological polar surface area (TPSA) is 32.3 Å². The molecular weight excluding hydrogens is 463 g/mol. The molecule has 1 N–H and O–H groups in total. The molecule has 1 amide bonds. The van der Waals surface area contributed by atoms with Crippen LogP contribution in [0, 0.1) is 17.6 Å². The predicted octanol–water partition coefficient (Wildman–Crippen LogP) is 6.25. The molecule has 1 heterocycles. The Morgan fingerprint density at radius 3 is 2.43 bits per heavy atom. The van der Waals surface area contributed by atoms with E-state index in [2.05, 4.69) is 5.32 Å². The van der Waals surface area contributed by atoms with Crippen LogP contribution in [-0.4, -0.2) is 17.4 Å². The maximum atomic E-state index is 14.4. The van der Waals surface area contributed by atoms with Crippen LogP contribution in [0.2, 0.25) is 0 Å². The van der Waals surface area contributed by atoms with Gasteiger partial charge in [-0.05, 0) is 42.2 Å². The largest absolute Gasteiger partial charge is 0.416 e. The van der Waals surface area contributed by atoms with Crippen molar-refractivity contribution in [1.29, 1.82) is 0 Å². The second kappa shape index (κ2) is 10.6. The Labute approximate surface area is 200 Å². The summed E-state index contributed by atoms with van der Waals surface area (Å²) in [6.45, 7) is 0.516. The van der Waals surface area contributed by atoms with Gasteiger partial charge in [0.25, 0.3) is 0 Å². The summed E-state index contributed by atoms with van der Waals surface area (Å²) < 4.78 is 66.7. The Morgan fingerprint density at radius 2 is 1.71 bits per heavy atom. The van der Waals surface area contributed by atoms with Crippen LogP contribution < -0.4 is 5.32 Å². The van der Waals surface area contributed by atoms with Crippen molar-refractivity contribution in [3.8, 4) is 0 Å². The molecule has 1 saturated heterocycles. The first kappa shape index (κ1) is 24.9. The number of nitrogens with one attached hydrogen (secondary N) is 1. The molecule has 2 atom stereocenters. The van der Waals surface area contributed by atoms with Gasteiger partial charge in [0.05, 0.1) is 11.5 Å². The molecule has 4 rings (SSSR count). The lowest BCUT2D eigenvalue weighted by atomic mass is 9.88. The summed E-state index contributed by atoms with van der Waals surface area (Å²) in [5, 5.41) is 2.75. The molecule has 0 spiro atoms. The van der Waals surface area contributed by atoms with E-state index >= 15 is 0 Å². The fourth-order valence-electron chi connectivity index (χ4n) is 4.54. The zero-order valence-electron chi connectivity index (χ0n) is 18.9. The molecule has 0 radical (unpaired) electrons. The highest BCUT2D eigenvalue weighted by Crippen LogP contribution is 2.35. The Balaban J connectivity index is 1.47. The van der Waals surface area contributed by atoms with Crippen LogP contribution in [-0.2, 0) is 24.1 Å². The number of hydrogen-bond donors (Lipinski definition) is 1. The molecule has 0 aliphatic carbocycles. The van der Waals surface area contributed by atoms with Crippen LogP contribution >= 0.6 is 0 Å². The van der Waals surface area contributed by atoms with E-state index in [0.717, 1.165) is 23.8 Å². The lowest BCUT2D eigenvalue weighted by Gasteiger charge is -2.39. The van der Waals surface area contributed by atoms with Crippen LogP contribution in [0.5, 0.6) is 0 Å². The normalized spacial score (nSPS) is 18.9. The van der Waals surface area contributed by atoms with E-state index < -0.39 is 29.3 Å². The molecule has 184 valence electrons. The summed E-state index contributed by atoms with van der Waals surface area (Å²) >= 11 is 0. The first-order valence-electron chi connectivity index (χ1n) is 11.4. The van der Waals surface area contributed by atoms with E-state index in [-0.39, 0.29) is 25.0 Å². The van der Waals surface area contributed by atoms with Crippen molar-refractivity contribution in [3.05, 3.63) is 107 Å². The van der Waals surface area contributed by atoms with Gasteiger partial charge in [-0.3, -0.25) is 9.69 Å². The fourth-order valence-corrected chi connectivity index (χ4v) is 4.54. The Kier molecular flexibility index (Phi) is 7.50. The first-order chi connectivity index (χ1) is 16.7. The highest BCUT2D eigenvalue weighted by molar-refractivity contribution is 5.79. The van der Waals surface area contributed by atoms with Gasteiger partial charge >= 0.3 is 6.18 Å². The molecule has 0 bridgehead atoms. The van der Waals surface area contributed by atoms with Crippen molar-refractivity contribution in [1.82, 2.24) is 10.2 Å². The summed E-state index contributed by atoms with van der Waals surface area (Å²) in [6.07, 6.45) is -3.23. The van der Waals surface area contributed by atoms with Crippen molar-refractivity contribution in [2.24, 2.45) is 5.92 Å². The van der Waals surface area contributed by atoms with Crippen LogP contribution in [0.4, 0.5) is 22.0 Å². The molecule has 1 fully saturated rings. The molecule has 3 aromatic carbocycles. The maximum Gasteiger partial charge on any atom is 0.416 e. The average molecular weight is 489 g/mol. The smallest absolute Gasteiger partial charge is 0.352 e. The molecule has 3 aromatic rings. The van der Waals surface area contributed by atoms with Gasteiger partial charge in [0.15, 0.2) is 0 Å². The van der Waals surface area contributed by atoms with Gasteiger partial charge in [-0.25, -0.2) is 8.78 Å². The summed E-state index contributed by atoms with van der Waals surface area (Å²) in [5.41, 5.74) is 0.965. The lowest BCUT2D eigenvalue weighted by Crippen LogP contribution is -2.44. The van der Waals surface area contributed by atoms with Gasteiger partial charge in [0, 0.05) is 37.3 Å². The number of amides is 1. The summed E-state index contributed by atoms with van der Waals surface area (Å²) in [4.78, 5) is 14.9. The number of likely N-dealkylation sites (tertiary alicyclic amines) is 1. The highest BCUT2D eigenvalue weighted by atomic mass is 19.4. The molecule has 8 heteroatoms. The maximum absolute atomic E-state index is 14.4. The Hall–Kier alpha value is -3.26. The SMILES string of the molecule is O=C(NCc1cccc(C(F)(F)F)c1)[C@H]1CC[C@H](c2ccccc2)N(Cc2ccc(F)cc2F)C1. The third kappa shape index (κ3) is 6.25. The molecule has 35 heavy (non-hydrogen) atoms. The molecule has 3 nitrogen and oxygen atoms in total. The fraction of sp³-hybridized carbons (Fsp3) is 0.296. The molecular formula is C27H25F5N2O. The second-order valence-corrected chi connectivity index (χ2v) is 8.78. The summed E-state index contributed by atoms with van der Waals surface area (Å²) in [7, 11) is 0. The Bertz CT molecular complexity index is 1170. The third-order valence-corrected chi connectivity index (χ3v) is 6.35. The minimum Gasteiger partial charge on any atom is -0.352 e. The van der Waals surface area contributed by atoms with Crippen molar-refractivity contribution in [2.45, 2.75) is 38.1 Å².